The first kappa shape index (κ1) is 21.0. The van der Waals surface area contributed by atoms with Crippen molar-refractivity contribution in [2.45, 2.75) is 39.8 Å². The fraction of sp³-hybridized carbons (Fsp3) is 0.478. The van der Waals surface area contributed by atoms with Gasteiger partial charge in [0.2, 0.25) is 0 Å². The van der Waals surface area contributed by atoms with Crippen LogP contribution in [0, 0.1) is 5.92 Å². The van der Waals surface area contributed by atoms with Crippen LogP contribution in [0.5, 0.6) is 5.75 Å². The molecule has 1 aromatic heterocycles. The molecule has 0 amide bonds. The SMILES string of the molecule is CCOc1ccccc1CNC(=NC)NCc1ccc(N2CCC(C)CC2)nc1. The molecule has 6 heteroatoms. The van der Waals surface area contributed by atoms with E-state index >= 15 is 0 Å². The number of ether oxygens (including phenoxy) is 1. The smallest absolute Gasteiger partial charge is 0.191 e. The number of pyridine rings is 1. The van der Waals surface area contributed by atoms with E-state index in [0.29, 0.717) is 19.7 Å². The number of para-hydroxylation sites is 1. The van der Waals surface area contributed by atoms with Crippen LogP contribution in [-0.4, -0.2) is 37.7 Å². The minimum Gasteiger partial charge on any atom is -0.494 e. The summed E-state index contributed by atoms with van der Waals surface area (Å²) < 4.78 is 5.69. The van der Waals surface area contributed by atoms with Crippen LogP contribution in [0.1, 0.15) is 37.8 Å². The van der Waals surface area contributed by atoms with Crippen molar-refractivity contribution in [1.29, 1.82) is 0 Å². The average molecular weight is 396 g/mol. The number of nitrogens with zero attached hydrogens (tertiary/aromatic N) is 3. The third-order valence-corrected chi connectivity index (χ3v) is 5.32. The summed E-state index contributed by atoms with van der Waals surface area (Å²) in [5, 5.41) is 6.71. The van der Waals surface area contributed by atoms with Crippen LogP contribution < -0.4 is 20.3 Å². The van der Waals surface area contributed by atoms with Crippen LogP contribution >= 0.6 is 0 Å². The van der Waals surface area contributed by atoms with Gasteiger partial charge in [0.1, 0.15) is 11.6 Å². The molecule has 1 aliphatic heterocycles. The summed E-state index contributed by atoms with van der Waals surface area (Å²) in [7, 11) is 1.78. The topological polar surface area (TPSA) is 61.8 Å². The Morgan fingerprint density at radius 2 is 1.90 bits per heavy atom. The summed E-state index contributed by atoms with van der Waals surface area (Å²) in [4.78, 5) is 11.4. The molecule has 2 N–H and O–H groups in total. The Hall–Kier alpha value is -2.76. The van der Waals surface area contributed by atoms with Gasteiger partial charge in [-0.3, -0.25) is 4.99 Å². The van der Waals surface area contributed by atoms with Crippen molar-refractivity contribution in [3.8, 4) is 5.75 Å². The molecule has 0 saturated carbocycles. The fourth-order valence-electron chi connectivity index (χ4n) is 3.48. The zero-order valence-corrected chi connectivity index (χ0v) is 17.8. The largest absolute Gasteiger partial charge is 0.494 e. The zero-order valence-electron chi connectivity index (χ0n) is 17.8. The summed E-state index contributed by atoms with van der Waals surface area (Å²) >= 11 is 0. The highest BCUT2D eigenvalue weighted by Crippen LogP contribution is 2.21. The molecule has 0 spiro atoms. The third-order valence-electron chi connectivity index (χ3n) is 5.32. The van der Waals surface area contributed by atoms with E-state index in [2.05, 4.69) is 50.6 Å². The van der Waals surface area contributed by atoms with Crippen molar-refractivity contribution in [2.75, 3.05) is 31.6 Å². The minimum atomic E-state index is 0.653. The zero-order chi connectivity index (χ0) is 20.5. The molecule has 3 rings (SSSR count). The maximum Gasteiger partial charge on any atom is 0.191 e. The van der Waals surface area contributed by atoms with Gasteiger partial charge in [0.05, 0.1) is 6.61 Å². The molecule has 1 aliphatic rings. The highest BCUT2D eigenvalue weighted by atomic mass is 16.5. The normalized spacial score (nSPS) is 15.3. The Morgan fingerprint density at radius 3 is 2.59 bits per heavy atom. The van der Waals surface area contributed by atoms with E-state index in [4.69, 9.17) is 4.74 Å². The Kier molecular flexibility index (Phi) is 7.73. The predicted octanol–water partition coefficient (Wildman–Crippen LogP) is 3.58. The van der Waals surface area contributed by atoms with Gasteiger partial charge in [-0.25, -0.2) is 4.98 Å². The number of rotatable bonds is 7. The number of anilines is 1. The summed E-state index contributed by atoms with van der Waals surface area (Å²) in [6, 6.07) is 12.3. The van der Waals surface area contributed by atoms with Crippen LogP contribution in [-0.2, 0) is 13.1 Å². The van der Waals surface area contributed by atoms with Gasteiger partial charge in [-0.1, -0.05) is 31.2 Å². The number of hydrogen-bond donors (Lipinski definition) is 2. The lowest BCUT2D eigenvalue weighted by Crippen LogP contribution is -2.36. The fourth-order valence-corrected chi connectivity index (χ4v) is 3.48. The van der Waals surface area contributed by atoms with Gasteiger partial charge in [0.15, 0.2) is 5.96 Å². The van der Waals surface area contributed by atoms with Gasteiger partial charge in [-0.2, -0.15) is 0 Å². The average Bonchev–Trinajstić information content (AvgIpc) is 2.76. The molecule has 156 valence electrons. The lowest BCUT2D eigenvalue weighted by atomic mass is 9.99. The molecule has 2 aromatic rings. The predicted molar refractivity (Wildman–Crippen MR) is 119 cm³/mol. The molecule has 0 unspecified atom stereocenters. The van der Waals surface area contributed by atoms with Crippen molar-refractivity contribution in [3.63, 3.8) is 0 Å². The van der Waals surface area contributed by atoms with E-state index in [-0.39, 0.29) is 0 Å². The molecular formula is C23H33N5O. The van der Waals surface area contributed by atoms with E-state index in [1.807, 2.05) is 31.3 Å². The van der Waals surface area contributed by atoms with E-state index in [9.17, 15) is 0 Å². The summed E-state index contributed by atoms with van der Waals surface area (Å²) in [6.45, 7) is 8.52. The van der Waals surface area contributed by atoms with E-state index < -0.39 is 0 Å². The number of guanidine groups is 1. The maximum absolute atomic E-state index is 5.69. The highest BCUT2D eigenvalue weighted by molar-refractivity contribution is 5.79. The van der Waals surface area contributed by atoms with E-state index in [1.165, 1.54) is 12.8 Å². The van der Waals surface area contributed by atoms with Crippen LogP contribution in [0.25, 0.3) is 0 Å². The molecule has 0 aliphatic carbocycles. The minimum absolute atomic E-state index is 0.653. The number of benzene rings is 1. The first-order valence-corrected chi connectivity index (χ1v) is 10.5. The summed E-state index contributed by atoms with van der Waals surface area (Å²) in [5.41, 5.74) is 2.25. The number of piperidine rings is 1. The molecule has 1 fully saturated rings. The van der Waals surface area contributed by atoms with Crippen molar-refractivity contribution in [2.24, 2.45) is 10.9 Å². The molecule has 0 radical (unpaired) electrons. The Balaban J connectivity index is 1.49. The quantitative estimate of drug-likeness (QED) is 0.554. The van der Waals surface area contributed by atoms with Crippen molar-refractivity contribution >= 4 is 11.8 Å². The molecule has 0 bridgehead atoms. The van der Waals surface area contributed by atoms with Crippen molar-refractivity contribution in [3.05, 3.63) is 53.7 Å². The second-order valence-corrected chi connectivity index (χ2v) is 7.51. The molecule has 1 aromatic carbocycles. The van der Waals surface area contributed by atoms with Gasteiger partial charge >= 0.3 is 0 Å². The molecule has 0 atom stereocenters. The van der Waals surface area contributed by atoms with Gasteiger partial charge in [-0.15, -0.1) is 0 Å². The van der Waals surface area contributed by atoms with Gasteiger partial charge in [0, 0.05) is 45.0 Å². The van der Waals surface area contributed by atoms with E-state index in [1.54, 1.807) is 7.05 Å². The van der Waals surface area contributed by atoms with Gasteiger partial charge in [0.25, 0.3) is 0 Å². The van der Waals surface area contributed by atoms with Gasteiger partial charge < -0.3 is 20.3 Å². The first-order chi connectivity index (χ1) is 14.2. The molecule has 29 heavy (non-hydrogen) atoms. The Labute approximate surface area is 174 Å². The Bertz CT molecular complexity index is 782. The van der Waals surface area contributed by atoms with Gasteiger partial charge in [-0.05, 0) is 43.4 Å². The highest BCUT2D eigenvalue weighted by Gasteiger charge is 2.16. The lowest BCUT2D eigenvalue weighted by molar-refractivity contribution is 0.336. The first-order valence-electron chi connectivity index (χ1n) is 10.5. The second kappa shape index (κ2) is 10.7. The number of aliphatic imine (C=N–C) groups is 1. The summed E-state index contributed by atoms with van der Waals surface area (Å²) in [5.74, 6) is 3.57. The molecule has 2 heterocycles. The number of aromatic nitrogens is 1. The van der Waals surface area contributed by atoms with Crippen LogP contribution in [0.15, 0.2) is 47.6 Å². The van der Waals surface area contributed by atoms with Crippen LogP contribution in [0.3, 0.4) is 0 Å². The molecular weight excluding hydrogens is 362 g/mol. The third kappa shape index (κ3) is 6.11. The molecule has 1 saturated heterocycles. The Morgan fingerprint density at radius 1 is 1.14 bits per heavy atom. The molecule has 6 nitrogen and oxygen atoms in total. The van der Waals surface area contributed by atoms with E-state index in [0.717, 1.165) is 47.7 Å². The maximum atomic E-state index is 5.69. The van der Waals surface area contributed by atoms with Crippen molar-refractivity contribution < 1.29 is 4.74 Å². The monoisotopic (exact) mass is 395 g/mol. The van der Waals surface area contributed by atoms with Crippen LogP contribution in [0.2, 0.25) is 0 Å². The standard InChI is InChI=1S/C23H33N5O/c1-4-29-21-8-6-5-7-20(21)17-27-23(24-3)26-16-19-9-10-22(25-15-19)28-13-11-18(2)12-14-28/h5-10,15,18H,4,11-14,16-17H2,1-3H3,(H2,24,26,27). The second-order valence-electron chi connectivity index (χ2n) is 7.51. The summed E-state index contributed by atoms with van der Waals surface area (Å²) in [6.07, 6.45) is 4.46. The lowest BCUT2D eigenvalue weighted by Gasteiger charge is -2.31. The van der Waals surface area contributed by atoms with Crippen LogP contribution in [0.4, 0.5) is 5.82 Å². The number of hydrogen-bond acceptors (Lipinski definition) is 4. The number of nitrogens with one attached hydrogen (secondary N) is 2. The van der Waals surface area contributed by atoms with Crippen molar-refractivity contribution in [1.82, 2.24) is 15.6 Å².